The Morgan fingerprint density at radius 3 is 2.66 bits per heavy atom. The molecule has 0 bridgehead atoms. The predicted octanol–water partition coefficient (Wildman–Crippen LogP) is 1.64. The van der Waals surface area contributed by atoms with Gasteiger partial charge in [0.05, 0.1) is 0 Å². The van der Waals surface area contributed by atoms with Crippen LogP contribution in [0.4, 0.5) is 5.69 Å². The number of hydrogen-bond donors (Lipinski definition) is 1. The SMILES string of the molecule is CCNC(=NCCCC(=O)N1CCc2ccccc21)N1CCN(C(=O)C2CCCO2)CC1. The molecule has 0 aromatic heterocycles. The Morgan fingerprint density at radius 1 is 1.12 bits per heavy atom. The molecule has 3 aliphatic rings. The molecule has 32 heavy (non-hydrogen) atoms. The minimum Gasteiger partial charge on any atom is -0.368 e. The van der Waals surface area contributed by atoms with E-state index in [9.17, 15) is 9.59 Å². The van der Waals surface area contributed by atoms with Crippen molar-refractivity contribution in [2.45, 2.75) is 45.1 Å². The number of nitrogens with zero attached hydrogens (tertiary/aromatic N) is 4. The number of anilines is 1. The number of piperazine rings is 1. The summed E-state index contributed by atoms with van der Waals surface area (Å²) in [4.78, 5) is 36.1. The van der Waals surface area contributed by atoms with E-state index in [1.807, 2.05) is 28.0 Å². The highest BCUT2D eigenvalue weighted by molar-refractivity contribution is 5.95. The Morgan fingerprint density at radius 2 is 1.91 bits per heavy atom. The molecule has 2 fully saturated rings. The van der Waals surface area contributed by atoms with E-state index >= 15 is 0 Å². The predicted molar refractivity (Wildman–Crippen MR) is 125 cm³/mol. The van der Waals surface area contributed by atoms with E-state index in [0.29, 0.717) is 32.7 Å². The molecule has 2 saturated heterocycles. The van der Waals surface area contributed by atoms with Crippen molar-refractivity contribution in [2.24, 2.45) is 4.99 Å². The molecule has 1 aromatic carbocycles. The lowest BCUT2D eigenvalue weighted by Gasteiger charge is -2.37. The first-order chi connectivity index (χ1) is 15.7. The van der Waals surface area contributed by atoms with E-state index in [1.165, 1.54) is 5.56 Å². The van der Waals surface area contributed by atoms with Gasteiger partial charge in [0.2, 0.25) is 5.91 Å². The van der Waals surface area contributed by atoms with E-state index < -0.39 is 0 Å². The third kappa shape index (κ3) is 5.23. The largest absolute Gasteiger partial charge is 0.368 e. The van der Waals surface area contributed by atoms with Gasteiger partial charge in [0.25, 0.3) is 5.91 Å². The molecule has 0 aliphatic carbocycles. The van der Waals surface area contributed by atoms with Gasteiger partial charge < -0.3 is 24.8 Å². The second-order valence-electron chi connectivity index (χ2n) is 8.58. The maximum absolute atomic E-state index is 12.7. The van der Waals surface area contributed by atoms with Gasteiger partial charge in [-0.1, -0.05) is 18.2 Å². The number of benzene rings is 1. The zero-order chi connectivity index (χ0) is 22.3. The van der Waals surface area contributed by atoms with Crippen LogP contribution in [0.5, 0.6) is 0 Å². The van der Waals surface area contributed by atoms with Gasteiger partial charge in [0, 0.05) is 64.5 Å². The minimum absolute atomic E-state index is 0.131. The molecule has 1 atom stereocenters. The van der Waals surface area contributed by atoms with Crippen molar-refractivity contribution in [1.29, 1.82) is 0 Å². The summed E-state index contributed by atoms with van der Waals surface area (Å²) < 4.78 is 5.55. The van der Waals surface area contributed by atoms with Crippen molar-refractivity contribution in [2.75, 3.05) is 57.3 Å². The second-order valence-corrected chi connectivity index (χ2v) is 8.58. The Labute approximate surface area is 190 Å². The van der Waals surface area contributed by atoms with Gasteiger partial charge in [-0.2, -0.15) is 0 Å². The highest BCUT2D eigenvalue weighted by atomic mass is 16.5. The van der Waals surface area contributed by atoms with Gasteiger partial charge in [-0.25, -0.2) is 0 Å². The van der Waals surface area contributed by atoms with Crippen LogP contribution in [0.2, 0.25) is 0 Å². The normalized spacial score (nSPS) is 21.1. The highest BCUT2D eigenvalue weighted by Crippen LogP contribution is 2.28. The number of carbonyl (C=O) groups excluding carboxylic acids is 2. The Kier molecular flexibility index (Phi) is 7.63. The van der Waals surface area contributed by atoms with Gasteiger partial charge >= 0.3 is 0 Å². The quantitative estimate of drug-likeness (QED) is 0.413. The molecule has 174 valence electrons. The van der Waals surface area contributed by atoms with Gasteiger partial charge in [0.1, 0.15) is 6.10 Å². The second kappa shape index (κ2) is 10.8. The van der Waals surface area contributed by atoms with E-state index in [0.717, 1.165) is 63.5 Å². The highest BCUT2D eigenvalue weighted by Gasteiger charge is 2.31. The summed E-state index contributed by atoms with van der Waals surface area (Å²) >= 11 is 0. The van der Waals surface area contributed by atoms with E-state index in [1.54, 1.807) is 0 Å². The molecule has 0 spiro atoms. The maximum Gasteiger partial charge on any atom is 0.251 e. The smallest absolute Gasteiger partial charge is 0.251 e. The molecule has 1 N–H and O–H groups in total. The van der Waals surface area contributed by atoms with E-state index in [4.69, 9.17) is 9.73 Å². The number of para-hydroxylation sites is 1. The van der Waals surface area contributed by atoms with E-state index in [-0.39, 0.29) is 17.9 Å². The van der Waals surface area contributed by atoms with Crippen molar-refractivity contribution in [3.63, 3.8) is 0 Å². The molecule has 8 heteroatoms. The molecule has 1 aromatic rings. The first-order valence-corrected chi connectivity index (χ1v) is 12.0. The summed E-state index contributed by atoms with van der Waals surface area (Å²) in [6, 6.07) is 8.15. The summed E-state index contributed by atoms with van der Waals surface area (Å²) in [6.45, 7) is 7.82. The molecule has 2 amide bonds. The topological polar surface area (TPSA) is 77.5 Å². The monoisotopic (exact) mass is 441 g/mol. The van der Waals surface area contributed by atoms with Crippen LogP contribution in [0, 0.1) is 0 Å². The molecule has 3 aliphatic heterocycles. The number of nitrogens with one attached hydrogen (secondary N) is 1. The number of fused-ring (bicyclic) bond motifs is 1. The third-order valence-electron chi connectivity index (χ3n) is 6.43. The average molecular weight is 442 g/mol. The lowest BCUT2D eigenvalue weighted by atomic mass is 10.2. The Balaban J connectivity index is 1.24. The number of ether oxygens (including phenoxy) is 1. The number of amides is 2. The Hall–Kier alpha value is -2.61. The van der Waals surface area contributed by atoms with Crippen molar-refractivity contribution in [3.8, 4) is 0 Å². The summed E-state index contributed by atoms with van der Waals surface area (Å²) in [5.41, 5.74) is 2.31. The summed E-state index contributed by atoms with van der Waals surface area (Å²) in [7, 11) is 0. The molecular weight excluding hydrogens is 406 g/mol. The van der Waals surface area contributed by atoms with Gasteiger partial charge in [-0.15, -0.1) is 0 Å². The molecular formula is C24H35N5O3. The lowest BCUT2D eigenvalue weighted by Crippen LogP contribution is -2.55. The summed E-state index contributed by atoms with van der Waals surface area (Å²) in [5.74, 6) is 1.18. The van der Waals surface area contributed by atoms with Crippen molar-refractivity contribution >= 4 is 23.5 Å². The molecule has 8 nitrogen and oxygen atoms in total. The number of hydrogen-bond acceptors (Lipinski definition) is 4. The van der Waals surface area contributed by atoms with Crippen LogP contribution in [0.15, 0.2) is 29.3 Å². The maximum atomic E-state index is 12.7. The number of rotatable bonds is 6. The molecule has 4 rings (SSSR count). The van der Waals surface area contributed by atoms with Crippen LogP contribution >= 0.6 is 0 Å². The Bertz CT molecular complexity index is 829. The number of guanidine groups is 1. The third-order valence-corrected chi connectivity index (χ3v) is 6.43. The van der Waals surface area contributed by atoms with Crippen LogP contribution < -0.4 is 10.2 Å². The molecule has 0 saturated carbocycles. The zero-order valence-electron chi connectivity index (χ0n) is 19.1. The van der Waals surface area contributed by atoms with Crippen molar-refractivity contribution in [1.82, 2.24) is 15.1 Å². The van der Waals surface area contributed by atoms with Crippen LogP contribution in [-0.2, 0) is 20.7 Å². The van der Waals surface area contributed by atoms with Crippen LogP contribution in [-0.4, -0.2) is 86.1 Å². The first-order valence-electron chi connectivity index (χ1n) is 12.0. The number of carbonyl (C=O) groups is 2. The lowest BCUT2D eigenvalue weighted by molar-refractivity contribution is -0.142. The summed E-state index contributed by atoms with van der Waals surface area (Å²) in [5, 5.41) is 3.36. The first kappa shape index (κ1) is 22.6. The summed E-state index contributed by atoms with van der Waals surface area (Å²) in [6.07, 6.45) is 3.73. The molecule has 0 radical (unpaired) electrons. The van der Waals surface area contributed by atoms with Crippen molar-refractivity contribution in [3.05, 3.63) is 29.8 Å². The standard InChI is InChI=1S/C24H35N5O3/c1-2-25-24(28-16-14-27(15-17-28)23(31)21-9-6-18-32-21)26-12-5-10-22(30)29-13-11-19-7-3-4-8-20(19)29/h3-4,7-8,21H,2,5-6,9-18H2,1H3,(H,25,26). The molecule has 3 heterocycles. The fourth-order valence-electron chi connectivity index (χ4n) is 4.69. The molecule has 1 unspecified atom stereocenters. The van der Waals surface area contributed by atoms with E-state index in [2.05, 4.69) is 23.2 Å². The van der Waals surface area contributed by atoms with Gasteiger partial charge in [-0.05, 0) is 44.2 Å². The van der Waals surface area contributed by atoms with Crippen LogP contribution in [0.25, 0.3) is 0 Å². The number of aliphatic imine (C=N–C) groups is 1. The van der Waals surface area contributed by atoms with Gasteiger partial charge in [0.15, 0.2) is 5.96 Å². The minimum atomic E-state index is -0.247. The zero-order valence-corrected chi connectivity index (χ0v) is 19.1. The van der Waals surface area contributed by atoms with Gasteiger partial charge in [-0.3, -0.25) is 14.6 Å². The van der Waals surface area contributed by atoms with Crippen LogP contribution in [0.1, 0.15) is 38.2 Å². The fraction of sp³-hybridized carbons (Fsp3) is 0.625. The van der Waals surface area contributed by atoms with Crippen molar-refractivity contribution < 1.29 is 14.3 Å². The average Bonchev–Trinajstić information content (AvgIpc) is 3.51. The fourth-order valence-corrected chi connectivity index (χ4v) is 4.69. The van der Waals surface area contributed by atoms with Crippen LogP contribution in [0.3, 0.4) is 0 Å².